The summed E-state index contributed by atoms with van der Waals surface area (Å²) >= 11 is 0. The van der Waals surface area contributed by atoms with Crippen molar-refractivity contribution in [3.05, 3.63) is 35.4 Å². The highest BCUT2D eigenvalue weighted by Crippen LogP contribution is 2.33. The topological polar surface area (TPSA) is 26.3 Å². The van der Waals surface area contributed by atoms with Gasteiger partial charge in [-0.2, -0.15) is 0 Å². The van der Waals surface area contributed by atoms with Crippen molar-refractivity contribution in [2.45, 2.75) is 32.1 Å². The smallest absolute Gasteiger partial charge is 0.145 e. The van der Waals surface area contributed by atoms with Crippen LogP contribution in [0, 0.1) is 0 Å². The van der Waals surface area contributed by atoms with Gasteiger partial charge in [0.05, 0.1) is 13.2 Å². The van der Waals surface area contributed by atoms with Crippen LogP contribution in [0.1, 0.15) is 31.4 Å². The van der Waals surface area contributed by atoms with Crippen LogP contribution < -0.4 is 0 Å². The van der Waals surface area contributed by atoms with E-state index in [2.05, 4.69) is 31.2 Å². The van der Waals surface area contributed by atoms with Crippen molar-refractivity contribution >= 4 is 5.78 Å². The van der Waals surface area contributed by atoms with E-state index in [1.165, 1.54) is 5.56 Å². The minimum absolute atomic E-state index is 0.210. The fourth-order valence-corrected chi connectivity index (χ4v) is 2.16. The first-order chi connectivity index (χ1) is 7.69. The summed E-state index contributed by atoms with van der Waals surface area (Å²) in [6.45, 7) is 4.90. The fraction of sp³-hybridized carbons (Fsp3) is 0.500. The molecular weight excluding hydrogens is 200 g/mol. The summed E-state index contributed by atoms with van der Waals surface area (Å²) in [7, 11) is 0. The minimum atomic E-state index is -0.356. The Morgan fingerprint density at radius 1 is 1.31 bits per heavy atom. The molecule has 0 aliphatic carbocycles. The van der Waals surface area contributed by atoms with Crippen LogP contribution in [-0.2, 0) is 21.4 Å². The van der Waals surface area contributed by atoms with Crippen molar-refractivity contribution < 1.29 is 9.53 Å². The molecule has 2 heteroatoms. The largest absolute Gasteiger partial charge is 0.378 e. The van der Waals surface area contributed by atoms with Crippen LogP contribution in [0.15, 0.2) is 24.3 Å². The predicted molar refractivity (Wildman–Crippen MR) is 63.6 cm³/mol. The number of Topliss-reactive ketones (excluding diaryl/α,β-unsaturated/α-hetero) is 1. The van der Waals surface area contributed by atoms with E-state index in [1.54, 1.807) is 6.92 Å². The van der Waals surface area contributed by atoms with Gasteiger partial charge in [-0.1, -0.05) is 37.6 Å². The summed E-state index contributed by atoms with van der Waals surface area (Å²) in [6.07, 6.45) is 2.25. The van der Waals surface area contributed by atoms with Crippen LogP contribution in [-0.4, -0.2) is 19.0 Å². The average molecular weight is 218 g/mol. The Balaban J connectivity index is 2.23. The summed E-state index contributed by atoms with van der Waals surface area (Å²) in [5.74, 6) is 0.210. The number of hydrogen-bond donors (Lipinski definition) is 0. The predicted octanol–water partition coefficient (Wildman–Crippen LogP) is 2.50. The molecule has 16 heavy (non-hydrogen) atoms. The molecule has 1 aromatic carbocycles. The number of aryl methyl sites for hydroxylation is 1. The van der Waals surface area contributed by atoms with E-state index in [-0.39, 0.29) is 11.2 Å². The van der Waals surface area contributed by atoms with Crippen molar-refractivity contribution in [1.82, 2.24) is 0 Å². The van der Waals surface area contributed by atoms with Gasteiger partial charge >= 0.3 is 0 Å². The molecule has 1 heterocycles. The quantitative estimate of drug-likeness (QED) is 0.776. The van der Waals surface area contributed by atoms with E-state index < -0.39 is 0 Å². The molecule has 2 rings (SSSR count). The lowest BCUT2D eigenvalue weighted by atomic mass is 9.75. The third kappa shape index (κ3) is 1.78. The summed E-state index contributed by atoms with van der Waals surface area (Å²) in [4.78, 5) is 11.7. The minimum Gasteiger partial charge on any atom is -0.378 e. The Morgan fingerprint density at radius 2 is 1.94 bits per heavy atom. The zero-order valence-corrected chi connectivity index (χ0v) is 9.95. The normalized spacial score (nSPS) is 17.9. The molecule has 0 atom stereocenters. The second kappa shape index (κ2) is 4.38. The van der Waals surface area contributed by atoms with Gasteiger partial charge < -0.3 is 4.74 Å². The fourth-order valence-electron chi connectivity index (χ4n) is 2.16. The number of ether oxygens (including phenoxy) is 1. The van der Waals surface area contributed by atoms with E-state index in [0.29, 0.717) is 13.2 Å². The third-order valence-electron chi connectivity index (χ3n) is 3.42. The van der Waals surface area contributed by atoms with Gasteiger partial charge in [0.2, 0.25) is 0 Å². The van der Waals surface area contributed by atoms with Gasteiger partial charge in [-0.05, 0) is 24.5 Å². The third-order valence-corrected chi connectivity index (χ3v) is 3.42. The zero-order valence-electron chi connectivity index (χ0n) is 9.95. The first kappa shape index (κ1) is 11.3. The Bertz CT molecular complexity index is 374. The number of carbonyl (C=O) groups is 1. The van der Waals surface area contributed by atoms with Gasteiger partial charge in [-0.15, -0.1) is 0 Å². The van der Waals surface area contributed by atoms with E-state index in [9.17, 15) is 4.79 Å². The van der Waals surface area contributed by atoms with E-state index >= 15 is 0 Å². The molecular formula is C14H18O2. The molecule has 2 nitrogen and oxygen atoms in total. The van der Waals surface area contributed by atoms with Crippen LogP contribution in [0.2, 0.25) is 0 Å². The Hall–Kier alpha value is -1.15. The molecule has 0 radical (unpaired) electrons. The van der Waals surface area contributed by atoms with Crippen LogP contribution in [0.3, 0.4) is 0 Å². The van der Waals surface area contributed by atoms with Crippen LogP contribution >= 0.6 is 0 Å². The van der Waals surface area contributed by atoms with E-state index in [1.807, 2.05) is 0 Å². The number of carbonyl (C=O) groups excluding carboxylic acids is 1. The van der Waals surface area contributed by atoms with Gasteiger partial charge in [0, 0.05) is 0 Å². The molecule has 1 aliphatic heterocycles. The van der Waals surface area contributed by atoms with Gasteiger partial charge in [-0.3, -0.25) is 4.79 Å². The van der Waals surface area contributed by atoms with Crippen molar-refractivity contribution in [2.24, 2.45) is 0 Å². The molecule has 0 aromatic heterocycles. The van der Waals surface area contributed by atoms with Gasteiger partial charge in [0.1, 0.15) is 11.2 Å². The van der Waals surface area contributed by atoms with Crippen LogP contribution in [0.4, 0.5) is 0 Å². The van der Waals surface area contributed by atoms with Gasteiger partial charge in [-0.25, -0.2) is 0 Å². The highest BCUT2D eigenvalue weighted by Gasteiger charge is 2.44. The number of ketones is 1. The standard InChI is InChI=1S/C14H18O2/c1-3-4-12-5-7-13(8-6-12)14(11(2)15)9-16-10-14/h5-8H,3-4,9-10H2,1-2H3. The number of benzene rings is 1. The summed E-state index contributed by atoms with van der Waals surface area (Å²) in [5, 5.41) is 0. The molecule has 86 valence electrons. The molecule has 1 aliphatic rings. The number of hydrogen-bond acceptors (Lipinski definition) is 2. The Labute approximate surface area is 96.6 Å². The first-order valence-electron chi connectivity index (χ1n) is 5.87. The average Bonchev–Trinajstić information content (AvgIpc) is 2.18. The van der Waals surface area contributed by atoms with Crippen LogP contribution in [0.5, 0.6) is 0 Å². The molecule has 0 unspecified atom stereocenters. The Kier molecular flexibility index (Phi) is 3.10. The van der Waals surface area contributed by atoms with Crippen molar-refractivity contribution in [2.75, 3.05) is 13.2 Å². The van der Waals surface area contributed by atoms with Crippen molar-refractivity contribution in [1.29, 1.82) is 0 Å². The first-order valence-corrected chi connectivity index (χ1v) is 5.87. The van der Waals surface area contributed by atoms with E-state index in [4.69, 9.17) is 4.74 Å². The van der Waals surface area contributed by atoms with Crippen LogP contribution in [0.25, 0.3) is 0 Å². The lowest BCUT2D eigenvalue weighted by molar-refractivity contribution is -0.140. The molecule has 0 amide bonds. The monoisotopic (exact) mass is 218 g/mol. The highest BCUT2D eigenvalue weighted by molar-refractivity contribution is 5.89. The lowest BCUT2D eigenvalue weighted by Crippen LogP contribution is -2.52. The molecule has 1 aromatic rings. The molecule has 1 fully saturated rings. The molecule has 0 N–H and O–H groups in total. The second-order valence-corrected chi connectivity index (χ2v) is 4.58. The maximum Gasteiger partial charge on any atom is 0.145 e. The van der Waals surface area contributed by atoms with E-state index in [0.717, 1.165) is 18.4 Å². The number of rotatable bonds is 4. The highest BCUT2D eigenvalue weighted by atomic mass is 16.5. The molecule has 1 saturated heterocycles. The SMILES string of the molecule is CCCc1ccc(C2(C(C)=O)COC2)cc1. The lowest BCUT2D eigenvalue weighted by Gasteiger charge is -2.39. The Morgan fingerprint density at radius 3 is 2.31 bits per heavy atom. The molecule has 0 saturated carbocycles. The summed E-state index contributed by atoms with van der Waals surface area (Å²) in [5.41, 5.74) is 2.08. The summed E-state index contributed by atoms with van der Waals surface area (Å²) < 4.78 is 5.21. The van der Waals surface area contributed by atoms with Gasteiger partial charge in [0.15, 0.2) is 0 Å². The summed E-state index contributed by atoms with van der Waals surface area (Å²) in [6, 6.07) is 8.41. The van der Waals surface area contributed by atoms with Crippen molar-refractivity contribution in [3.8, 4) is 0 Å². The second-order valence-electron chi connectivity index (χ2n) is 4.58. The van der Waals surface area contributed by atoms with Gasteiger partial charge in [0.25, 0.3) is 0 Å². The molecule has 0 bridgehead atoms. The zero-order chi connectivity index (χ0) is 11.6. The maximum absolute atomic E-state index is 11.7. The van der Waals surface area contributed by atoms with Crippen molar-refractivity contribution in [3.63, 3.8) is 0 Å². The molecule has 0 spiro atoms. The maximum atomic E-state index is 11.7.